The summed E-state index contributed by atoms with van der Waals surface area (Å²) in [4.78, 5) is 14.3. The number of urea groups is 1. The Morgan fingerprint density at radius 1 is 1.29 bits per heavy atom. The van der Waals surface area contributed by atoms with Gasteiger partial charge in [0.1, 0.15) is 0 Å². The van der Waals surface area contributed by atoms with E-state index in [2.05, 4.69) is 22.5 Å². The molecule has 2 atom stereocenters. The van der Waals surface area contributed by atoms with Crippen LogP contribution in [-0.4, -0.2) is 48.3 Å². The molecular formula is C19H31N3O2. The highest BCUT2D eigenvalue weighted by Crippen LogP contribution is 2.16. The van der Waals surface area contributed by atoms with Crippen molar-refractivity contribution in [1.29, 1.82) is 0 Å². The first-order valence-corrected chi connectivity index (χ1v) is 8.95. The summed E-state index contributed by atoms with van der Waals surface area (Å²) >= 11 is 0. The number of likely N-dealkylation sites (tertiary alicyclic amines) is 1. The molecule has 2 rings (SSSR count). The number of hydrogen-bond acceptors (Lipinski definition) is 3. The van der Waals surface area contributed by atoms with Gasteiger partial charge in [-0.15, -0.1) is 0 Å². The highest BCUT2D eigenvalue weighted by Gasteiger charge is 2.18. The summed E-state index contributed by atoms with van der Waals surface area (Å²) in [7, 11) is 0. The number of aliphatic hydroxyl groups is 1. The highest BCUT2D eigenvalue weighted by molar-refractivity contribution is 5.74. The van der Waals surface area contributed by atoms with Crippen molar-refractivity contribution >= 4 is 6.03 Å². The Hall–Kier alpha value is -1.59. The lowest BCUT2D eigenvalue weighted by Gasteiger charge is -2.31. The summed E-state index contributed by atoms with van der Waals surface area (Å²) in [6.07, 6.45) is 1.85. The van der Waals surface area contributed by atoms with Crippen LogP contribution in [0.15, 0.2) is 24.3 Å². The maximum atomic E-state index is 12.0. The normalized spacial score (nSPS) is 18.8. The average Bonchev–Trinajstić information content (AvgIpc) is 2.55. The summed E-state index contributed by atoms with van der Waals surface area (Å²) < 4.78 is 0. The number of nitrogens with one attached hydrogen (secondary N) is 2. The molecule has 0 radical (unpaired) electrons. The zero-order valence-corrected chi connectivity index (χ0v) is 15.1. The molecule has 1 saturated heterocycles. The van der Waals surface area contributed by atoms with Gasteiger partial charge in [0.05, 0.1) is 12.1 Å². The summed E-state index contributed by atoms with van der Waals surface area (Å²) in [5.74, 6) is 0.783. The molecule has 1 fully saturated rings. The number of amides is 2. The highest BCUT2D eigenvalue weighted by atomic mass is 16.3. The van der Waals surface area contributed by atoms with Crippen LogP contribution in [0.4, 0.5) is 4.79 Å². The molecule has 0 bridgehead atoms. The topological polar surface area (TPSA) is 64.6 Å². The van der Waals surface area contributed by atoms with Gasteiger partial charge >= 0.3 is 6.03 Å². The van der Waals surface area contributed by atoms with Gasteiger partial charge in [0, 0.05) is 13.1 Å². The number of benzene rings is 1. The molecule has 0 saturated carbocycles. The van der Waals surface area contributed by atoms with Crippen molar-refractivity contribution in [2.24, 2.45) is 5.92 Å². The Morgan fingerprint density at radius 3 is 2.54 bits per heavy atom. The molecule has 0 aromatic heterocycles. The Morgan fingerprint density at radius 2 is 1.92 bits per heavy atom. The largest absolute Gasteiger partial charge is 0.390 e. The van der Waals surface area contributed by atoms with E-state index in [4.69, 9.17) is 0 Å². The molecule has 0 spiro atoms. The minimum absolute atomic E-state index is 0.0636. The molecule has 1 aliphatic heterocycles. The van der Waals surface area contributed by atoms with Gasteiger partial charge in [-0.05, 0) is 51.3 Å². The van der Waals surface area contributed by atoms with E-state index in [1.807, 2.05) is 38.1 Å². The predicted octanol–water partition coefficient (Wildman–Crippen LogP) is 2.45. The zero-order chi connectivity index (χ0) is 17.5. The maximum absolute atomic E-state index is 12.0. The van der Waals surface area contributed by atoms with Crippen LogP contribution in [0.1, 0.15) is 43.9 Å². The van der Waals surface area contributed by atoms with Crippen LogP contribution in [0, 0.1) is 12.8 Å². The molecule has 1 aromatic carbocycles. The Balaban J connectivity index is 1.67. The van der Waals surface area contributed by atoms with E-state index >= 15 is 0 Å². The fourth-order valence-corrected chi connectivity index (χ4v) is 3.00. The quantitative estimate of drug-likeness (QED) is 0.749. The molecule has 0 aliphatic carbocycles. The first-order valence-electron chi connectivity index (χ1n) is 8.95. The van der Waals surface area contributed by atoms with E-state index in [0.717, 1.165) is 24.6 Å². The Kier molecular flexibility index (Phi) is 7.06. The van der Waals surface area contributed by atoms with Crippen molar-refractivity contribution in [3.8, 4) is 0 Å². The SMILES string of the molecule is Cc1ccc(C(C)NC(=O)NCC(O)CN2CCC(C)CC2)cc1. The molecule has 1 aromatic rings. The molecule has 1 heterocycles. The molecular weight excluding hydrogens is 302 g/mol. The lowest BCUT2D eigenvalue weighted by molar-refractivity contribution is 0.0919. The minimum Gasteiger partial charge on any atom is -0.390 e. The van der Waals surface area contributed by atoms with E-state index in [-0.39, 0.29) is 18.6 Å². The third-order valence-electron chi connectivity index (χ3n) is 4.77. The van der Waals surface area contributed by atoms with Crippen LogP contribution in [0.5, 0.6) is 0 Å². The molecule has 24 heavy (non-hydrogen) atoms. The van der Waals surface area contributed by atoms with Crippen molar-refractivity contribution < 1.29 is 9.90 Å². The van der Waals surface area contributed by atoms with Crippen LogP contribution in [0.2, 0.25) is 0 Å². The summed E-state index contributed by atoms with van der Waals surface area (Å²) in [6.45, 7) is 9.24. The number of β-amino-alcohol motifs (C(OH)–C–C–N with tert-alkyl or cyclic N) is 1. The minimum atomic E-state index is -0.529. The molecule has 3 N–H and O–H groups in total. The van der Waals surface area contributed by atoms with Gasteiger partial charge in [0.2, 0.25) is 0 Å². The van der Waals surface area contributed by atoms with Gasteiger partial charge in [-0.1, -0.05) is 36.8 Å². The molecule has 2 unspecified atom stereocenters. The third kappa shape index (κ3) is 6.13. The number of carbonyl (C=O) groups is 1. The molecule has 134 valence electrons. The van der Waals surface area contributed by atoms with Crippen LogP contribution < -0.4 is 10.6 Å². The number of nitrogens with zero attached hydrogens (tertiary/aromatic N) is 1. The summed E-state index contributed by atoms with van der Waals surface area (Å²) in [6, 6.07) is 7.81. The maximum Gasteiger partial charge on any atom is 0.315 e. The van der Waals surface area contributed by atoms with Gasteiger partial charge < -0.3 is 20.6 Å². The Labute approximate surface area is 145 Å². The first kappa shape index (κ1) is 18.7. The van der Waals surface area contributed by atoms with Gasteiger partial charge in [-0.25, -0.2) is 4.79 Å². The van der Waals surface area contributed by atoms with Gasteiger partial charge in [-0.2, -0.15) is 0 Å². The van der Waals surface area contributed by atoms with E-state index in [9.17, 15) is 9.90 Å². The number of piperidine rings is 1. The second-order valence-electron chi connectivity index (χ2n) is 7.12. The van der Waals surface area contributed by atoms with Gasteiger partial charge in [-0.3, -0.25) is 0 Å². The second-order valence-corrected chi connectivity index (χ2v) is 7.12. The van der Waals surface area contributed by atoms with Crippen molar-refractivity contribution in [2.45, 2.75) is 45.8 Å². The van der Waals surface area contributed by atoms with E-state index in [0.29, 0.717) is 6.54 Å². The second kappa shape index (κ2) is 9.04. The summed E-state index contributed by atoms with van der Waals surface area (Å²) in [5.41, 5.74) is 2.27. The van der Waals surface area contributed by atoms with Crippen molar-refractivity contribution in [1.82, 2.24) is 15.5 Å². The number of hydrogen-bond donors (Lipinski definition) is 3. The zero-order valence-electron chi connectivity index (χ0n) is 15.1. The number of aliphatic hydroxyl groups excluding tert-OH is 1. The van der Waals surface area contributed by atoms with E-state index < -0.39 is 6.10 Å². The molecule has 5 heteroatoms. The third-order valence-corrected chi connectivity index (χ3v) is 4.77. The lowest BCUT2D eigenvalue weighted by atomic mass is 9.99. The molecule has 2 amide bonds. The fourth-order valence-electron chi connectivity index (χ4n) is 3.00. The van der Waals surface area contributed by atoms with E-state index in [1.54, 1.807) is 0 Å². The predicted molar refractivity (Wildman–Crippen MR) is 97.0 cm³/mol. The molecule has 1 aliphatic rings. The standard InChI is InChI=1S/C19H31N3O2/c1-14-4-6-17(7-5-14)16(3)21-19(24)20-12-18(23)13-22-10-8-15(2)9-11-22/h4-7,15-16,18,23H,8-13H2,1-3H3,(H2,20,21,24). The van der Waals surface area contributed by atoms with Crippen LogP contribution in [0.3, 0.4) is 0 Å². The number of aryl methyl sites for hydroxylation is 1. The van der Waals surface area contributed by atoms with Crippen LogP contribution in [0.25, 0.3) is 0 Å². The van der Waals surface area contributed by atoms with Crippen molar-refractivity contribution in [3.63, 3.8) is 0 Å². The monoisotopic (exact) mass is 333 g/mol. The molecule has 5 nitrogen and oxygen atoms in total. The lowest BCUT2D eigenvalue weighted by Crippen LogP contribution is -2.45. The number of carbonyl (C=O) groups excluding carboxylic acids is 1. The van der Waals surface area contributed by atoms with Gasteiger partial charge in [0.15, 0.2) is 0 Å². The van der Waals surface area contributed by atoms with Gasteiger partial charge in [0.25, 0.3) is 0 Å². The smallest absolute Gasteiger partial charge is 0.315 e. The van der Waals surface area contributed by atoms with E-state index in [1.165, 1.54) is 18.4 Å². The fraction of sp³-hybridized carbons (Fsp3) is 0.632. The van der Waals surface area contributed by atoms with Crippen molar-refractivity contribution in [3.05, 3.63) is 35.4 Å². The van der Waals surface area contributed by atoms with Crippen molar-refractivity contribution in [2.75, 3.05) is 26.2 Å². The Bertz CT molecular complexity index is 510. The van der Waals surface area contributed by atoms with Crippen LogP contribution in [-0.2, 0) is 0 Å². The average molecular weight is 333 g/mol. The number of rotatable bonds is 6. The van der Waals surface area contributed by atoms with Crippen LogP contribution >= 0.6 is 0 Å². The first-order chi connectivity index (χ1) is 11.4. The summed E-state index contributed by atoms with van der Waals surface area (Å²) in [5, 5.41) is 15.8.